The number of benzene rings is 4. The van der Waals surface area contributed by atoms with E-state index in [9.17, 15) is 4.57 Å². The van der Waals surface area contributed by atoms with E-state index in [1.54, 1.807) is 0 Å². The summed E-state index contributed by atoms with van der Waals surface area (Å²) in [6.07, 6.45) is 0. The SMILES string of the molecule is Cc1ccc2cc(P(=O)(c3ccccc3)c3ccccc3)ccc2c1. The van der Waals surface area contributed by atoms with Gasteiger partial charge in [-0.05, 0) is 23.8 Å². The molecule has 0 aliphatic rings. The lowest BCUT2D eigenvalue weighted by molar-refractivity contribution is 0.592. The van der Waals surface area contributed by atoms with Crippen LogP contribution in [0.25, 0.3) is 10.8 Å². The van der Waals surface area contributed by atoms with Crippen molar-refractivity contribution in [3.8, 4) is 0 Å². The first-order valence-electron chi connectivity index (χ1n) is 8.40. The first kappa shape index (κ1) is 15.9. The molecule has 0 saturated heterocycles. The highest BCUT2D eigenvalue weighted by Crippen LogP contribution is 2.42. The molecule has 2 heteroatoms. The zero-order valence-electron chi connectivity index (χ0n) is 14.1. The number of fused-ring (bicyclic) bond motifs is 1. The minimum atomic E-state index is -2.89. The zero-order chi connectivity index (χ0) is 17.3. The fourth-order valence-electron chi connectivity index (χ4n) is 3.27. The third-order valence-electron chi connectivity index (χ3n) is 4.58. The lowest BCUT2D eigenvalue weighted by Crippen LogP contribution is -2.24. The van der Waals surface area contributed by atoms with Gasteiger partial charge in [0, 0.05) is 15.9 Å². The van der Waals surface area contributed by atoms with Crippen molar-refractivity contribution >= 4 is 33.8 Å². The van der Waals surface area contributed by atoms with Gasteiger partial charge in [-0.3, -0.25) is 0 Å². The molecule has 1 nitrogen and oxygen atoms in total. The van der Waals surface area contributed by atoms with Crippen LogP contribution in [0.15, 0.2) is 97.1 Å². The van der Waals surface area contributed by atoms with Crippen LogP contribution in [-0.2, 0) is 4.57 Å². The van der Waals surface area contributed by atoms with Gasteiger partial charge in [-0.1, -0.05) is 96.6 Å². The highest BCUT2D eigenvalue weighted by Gasteiger charge is 2.29. The van der Waals surface area contributed by atoms with Crippen LogP contribution in [-0.4, -0.2) is 0 Å². The number of hydrogen-bond donors (Lipinski definition) is 0. The smallest absolute Gasteiger partial charge is 0.171 e. The Morgan fingerprint density at radius 1 is 0.560 bits per heavy atom. The van der Waals surface area contributed by atoms with Crippen LogP contribution >= 0.6 is 7.14 Å². The third kappa shape index (κ3) is 2.81. The minimum Gasteiger partial charge on any atom is -0.309 e. The summed E-state index contributed by atoms with van der Waals surface area (Å²) < 4.78 is 14.3. The van der Waals surface area contributed by atoms with Crippen molar-refractivity contribution < 1.29 is 4.57 Å². The maximum absolute atomic E-state index is 14.3. The molecule has 0 saturated carbocycles. The van der Waals surface area contributed by atoms with Gasteiger partial charge < -0.3 is 4.57 Å². The van der Waals surface area contributed by atoms with Crippen LogP contribution in [0.4, 0.5) is 0 Å². The molecule has 122 valence electrons. The Morgan fingerprint density at radius 2 is 1.08 bits per heavy atom. The molecule has 4 aromatic carbocycles. The van der Waals surface area contributed by atoms with E-state index in [0.717, 1.165) is 21.3 Å². The van der Waals surface area contributed by atoms with Crippen LogP contribution in [0.2, 0.25) is 0 Å². The molecule has 0 heterocycles. The Hall–Kier alpha value is -2.63. The minimum absolute atomic E-state index is 0.868. The van der Waals surface area contributed by atoms with Crippen LogP contribution in [0.1, 0.15) is 5.56 Å². The van der Waals surface area contributed by atoms with Crippen molar-refractivity contribution in [2.24, 2.45) is 0 Å². The highest BCUT2D eigenvalue weighted by molar-refractivity contribution is 7.85. The van der Waals surface area contributed by atoms with Gasteiger partial charge in [0.1, 0.15) is 0 Å². The second kappa shape index (κ2) is 6.35. The molecule has 0 spiro atoms. The van der Waals surface area contributed by atoms with Gasteiger partial charge in [-0.25, -0.2) is 0 Å². The predicted octanol–water partition coefficient (Wildman–Crippen LogP) is 4.79. The molecule has 0 aliphatic carbocycles. The van der Waals surface area contributed by atoms with Gasteiger partial charge in [0.25, 0.3) is 0 Å². The number of rotatable bonds is 3. The normalized spacial score (nSPS) is 11.6. The maximum atomic E-state index is 14.3. The molecule has 0 amide bonds. The molecular weight excluding hydrogens is 323 g/mol. The van der Waals surface area contributed by atoms with Crippen LogP contribution in [0.3, 0.4) is 0 Å². The Bertz CT molecular complexity index is 1030. The molecule has 0 atom stereocenters. The summed E-state index contributed by atoms with van der Waals surface area (Å²) in [5.74, 6) is 0. The summed E-state index contributed by atoms with van der Waals surface area (Å²) in [6, 6.07) is 32.1. The maximum Gasteiger partial charge on any atom is 0.171 e. The van der Waals surface area contributed by atoms with Crippen molar-refractivity contribution in [1.82, 2.24) is 0 Å². The fraction of sp³-hybridized carbons (Fsp3) is 0.0435. The highest BCUT2D eigenvalue weighted by atomic mass is 31.2. The van der Waals surface area contributed by atoms with Crippen molar-refractivity contribution in [2.45, 2.75) is 6.92 Å². The summed E-state index contributed by atoms with van der Waals surface area (Å²) in [4.78, 5) is 0. The molecule has 0 N–H and O–H groups in total. The van der Waals surface area contributed by atoms with E-state index < -0.39 is 7.14 Å². The van der Waals surface area contributed by atoms with Crippen LogP contribution in [0.5, 0.6) is 0 Å². The van der Waals surface area contributed by atoms with Gasteiger partial charge >= 0.3 is 0 Å². The van der Waals surface area contributed by atoms with Crippen molar-refractivity contribution in [3.63, 3.8) is 0 Å². The van der Waals surface area contributed by atoms with Crippen molar-refractivity contribution in [2.75, 3.05) is 0 Å². The quantitative estimate of drug-likeness (QED) is 0.489. The molecule has 4 aromatic rings. The van der Waals surface area contributed by atoms with Crippen molar-refractivity contribution in [1.29, 1.82) is 0 Å². The van der Waals surface area contributed by atoms with E-state index >= 15 is 0 Å². The van der Waals surface area contributed by atoms with Gasteiger partial charge in [0.15, 0.2) is 7.14 Å². The average Bonchev–Trinajstić information content (AvgIpc) is 2.68. The Kier molecular flexibility index (Phi) is 4.03. The monoisotopic (exact) mass is 342 g/mol. The van der Waals surface area contributed by atoms with Gasteiger partial charge in [-0.2, -0.15) is 0 Å². The van der Waals surface area contributed by atoms with E-state index in [2.05, 4.69) is 37.3 Å². The molecule has 0 radical (unpaired) electrons. The second-order valence-electron chi connectivity index (χ2n) is 6.32. The predicted molar refractivity (Wildman–Crippen MR) is 108 cm³/mol. The second-order valence-corrected chi connectivity index (χ2v) is 9.08. The summed E-state index contributed by atoms with van der Waals surface area (Å²) in [5, 5.41) is 4.91. The number of hydrogen-bond acceptors (Lipinski definition) is 1. The summed E-state index contributed by atoms with van der Waals surface area (Å²) in [5.41, 5.74) is 1.23. The van der Waals surface area contributed by atoms with E-state index in [1.165, 1.54) is 10.9 Å². The number of aryl methyl sites for hydroxylation is 1. The van der Waals surface area contributed by atoms with E-state index in [4.69, 9.17) is 0 Å². The lowest BCUT2D eigenvalue weighted by Gasteiger charge is -2.20. The van der Waals surface area contributed by atoms with Crippen LogP contribution in [0, 0.1) is 6.92 Å². The first-order chi connectivity index (χ1) is 12.2. The van der Waals surface area contributed by atoms with Gasteiger partial charge in [-0.15, -0.1) is 0 Å². The molecule has 0 unspecified atom stereocenters. The molecular formula is C23H19OP. The Morgan fingerprint density at radius 3 is 1.68 bits per heavy atom. The average molecular weight is 342 g/mol. The summed E-state index contributed by atoms with van der Waals surface area (Å²) in [6.45, 7) is 2.09. The van der Waals surface area contributed by atoms with E-state index in [0.29, 0.717) is 0 Å². The fourth-order valence-corrected chi connectivity index (χ4v) is 5.96. The lowest BCUT2D eigenvalue weighted by atomic mass is 10.1. The molecule has 0 fully saturated rings. The molecule has 4 rings (SSSR count). The zero-order valence-corrected chi connectivity index (χ0v) is 15.0. The standard InChI is InChI=1S/C23H19OP/c1-18-12-13-20-17-23(15-14-19(20)16-18)25(24,21-8-4-2-5-9-21)22-10-6-3-7-11-22/h2-17H,1H3. The third-order valence-corrected chi connectivity index (χ3v) is 7.64. The van der Waals surface area contributed by atoms with E-state index in [-0.39, 0.29) is 0 Å². The van der Waals surface area contributed by atoms with E-state index in [1.807, 2.05) is 66.7 Å². The first-order valence-corrected chi connectivity index (χ1v) is 10.1. The van der Waals surface area contributed by atoms with Gasteiger partial charge in [0.2, 0.25) is 0 Å². The topological polar surface area (TPSA) is 17.1 Å². The van der Waals surface area contributed by atoms with Crippen molar-refractivity contribution in [3.05, 3.63) is 103 Å². The molecule has 0 bridgehead atoms. The molecule has 0 aromatic heterocycles. The molecule has 0 aliphatic heterocycles. The Balaban J connectivity index is 1.99. The van der Waals surface area contributed by atoms with Crippen LogP contribution < -0.4 is 15.9 Å². The largest absolute Gasteiger partial charge is 0.309 e. The molecule has 25 heavy (non-hydrogen) atoms. The summed E-state index contributed by atoms with van der Waals surface area (Å²) in [7, 11) is -2.89. The summed E-state index contributed by atoms with van der Waals surface area (Å²) >= 11 is 0. The Labute approximate surface area is 148 Å². The van der Waals surface area contributed by atoms with Gasteiger partial charge in [0.05, 0.1) is 0 Å².